The van der Waals surface area contributed by atoms with E-state index in [-0.39, 0.29) is 19.6 Å². The van der Waals surface area contributed by atoms with Crippen LogP contribution in [-0.4, -0.2) is 67.1 Å². The molecule has 0 saturated heterocycles. The zero-order valence-electron chi connectivity index (χ0n) is 20.3. The third kappa shape index (κ3) is 11.7. The van der Waals surface area contributed by atoms with Gasteiger partial charge in [-0.1, -0.05) is 44.2 Å². The highest BCUT2D eigenvalue weighted by Gasteiger charge is 2.29. The number of nitrogens with one attached hydrogen (secondary N) is 1. The minimum absolute atomic E-state index is 0.124. The molecule has 1 unspecified atom stereocenters. The molecule has 2 N–H and O–H groups in total. The number of aliphatic carboxylic acids is 1. The maximum atomic E-state index is 12.5. The van der Waals surface area contributed by atoms with Crippen LogP contribution in [0.3, 0.4) is 0 Å². The summed E-state index contributed by atoms with van der Waals surface area (Å²) < 4.78 is 48.6. The van der Waals surface area contributed by atoms with Gasteiger partial charge in [0.05, 0.1) is 6.54 Å². The lowest BCUT2D eigenvalue weighted by atomic mass is 9.86. The zero-order valence-corrected chi connectivity index (χ0v) is 20.3. The highest BCUT2D eigenvalue weighted by Crippen LogP contribution is 2.27. The van der Waals surface area contributed by atoms with E-state index in [1.54, 1.807) is 31.2 Å². The number of carbonyl (C=O) groups excluding carboxylic acids is 1. The molecule has 0 aromatic heterocycles. The molecule has 1 aliphatic rings. The summed E-state index contributed by atoms with van der Waals surface area (Å²) in [5.74, 6) is 0.122. The molecule has 7 nitrogen and oxygen atoms in total. The van der Waals surface area contributed by atoms with E-state index in [4.69, 9.17) is 9.47 Å². The van der Waals surface area contributed by atoms with Gasteiger partial charge in [0.25, 0.3) is 0 Å². The number of carboxylic acid groups (broad SMARTS) is 1. The predicted molar refractivity (Wildman–Crippen MR) is 126 cm³/mol. The molecule has 0 radical (unpaired) electrons. The molecule has 1 aromatic rings. The van der Waals surface area contributed by atoms with Crippen LogP contribution in [0.25, 0.3) is 0 Å². The lowest BCUT2D eigenvalue weighted by Crippen LogP contribution is -2.45. The molecular weight excluding hydrogens is 465 g/mol. The molecule has 35 heavy (non-hydrogen) atoms. The molecule has 1 fully saturated rings. The Bertz CT molecular complexity index is 767. The van der Waals surface area contributed by atoms with Crippen LogP contribution in [0.15, 0.2) is 24.3 Å². The van der Waals surface area contributed by atoms with Crippen molar-refractivity contribution in [3.05, 3.63) is 29.8 Å². The Balaban J connectivity index is 1.85. The summed E-state index contributed by atoms with van der Waals surface area (Å²) in [5.41, 5.74) is 0.772. The normalized spacial score (nSPS) is 15.4. The Hall–Kier alpha value is -2.49. The summed E-state index contributed by atoms with van der Waals surface area (Å²) in [6.07, 6.45) is 2.58. The second-order valence-corrected chi connectivity index (χ2v) is 8.89. The third-order valence-electron chi connectivity index (χ3n) is 6.11. The van der Waals surface area contributed by atoms with Gasteiger partial charge in [0.15, 0.2) is 6.10 Å². The molecule has 10 heteroatoms. The molecule has 1 aromatic carbocycles. The highest BCUT2D eigenvalue weighted by atomic mass is 19.4. The van der Waals surface area contributed by atoms with E-state index in [0.717, 1.165) is 18.4 Å². The number of urea groups is 1. The van der Waals surface area contributed by atoms with Crippen molar-refractivity contribution in [3.8, 4) is 5.75 Å². The number of hydrogen-bond donors (Lipinski definition) is 2. The molecule has 0 heterocycles. The van der Waals surface area contributed by atoms with E-state index in [9.17, 15) is 27.9 Å². The largest absolute Gasteiger partial charge is 0.492 e. The van der Waals surface area contributed by atoms with Crippen LogP contribution in [-0.2, 0) is 16.0 Å². The van der Waals surface area contributed by atoms with E-state index in [1.807, 2.05) is 5.32 Å². The van der Waals surface area contributed by atoms with Gasteiger partial charge in [-0.3, -0.25) is 0 Å². The molecule has 1 aliphatic carbocycles. The van der Waals surface area contributed by atoms with Crippen LogP contribution in [0.2, 0.25) is 0 Å². The molecule has 1 saturated carbocycles. The minimum Gasteiger partial charge on any atom is -0.492 e. The first-order valence-electron chi connectivity index (χ1n) is 12.3. The van der Waals surface area contributed by atoms with E-state index in [2.05, 4.69) is 0 Å². The summed E-state index contributed by atoms with van der Waals surface area (Å²) in [6.45, 7) is 1.31. The van der Waals surface area contributed by atoms with E-state index in [0.29, 0.717) is 24.8 Å². The fraction of sp³-hybridized carbons (Fsp3) is 0.680. The highest BCUT2D eigenvalue weighted by molar-refractivity contribution is 5.74. The molecular formula is C25H37F3N2O5. The first-order valence-corrected chi connectivity index (χ1v) is 12.3. The number of amides is 2. The van der Waals surface area contributed by atoms with Crippen molar-refractivity contribution in [2.75, 3.05) is 32.8 Å². The summed E-state index contributed by atoms with van der Waals surface area (Å²) in [6, 6.07) is 6.11. The van der Waals surface area contributed by atoms with Crippen molar-refractivity contribution >= 4 is 12.0 Å². The fourth-order valence-electron chi connectivity index (χ4n) is 4.28. The van der Waals surface area contributed by atoms with Crippen LogP contribution in [0.5, 0.6) is 5.75 Å². The van der Waals surface area contributed by atoms with Gasteiger partial charge in [0.2, 0.25) is 0 Å². The van der Waals surface area contributed by atoms with Crippen LogP contribution in [0.4, 0.5) is 18.0 Å². The van der Waals surface area contributed by atoms with Gasteiger partial charge >= 0.3 is 18.2 Å². The SMILES string of the molecule is CCOC(Cc1ccc(OCCN(CCCC2CCCCC2)C(=O)NCC(F)(F)F)cc1)C(=O)O. The Kier molecular flexibility index (Phi) is 12.2. The minimum atomic E-state index is -4.47. The lowest BCUT2D eigenvalue weighted by molar-refractivity contribution is -0.150. The number of hydrogen-bond acceptors (Lipinski definition) is 4. The van der Waals surface area contributed by atoms with Gasteiger partial charge < -0.3 is 24.8 Å². The number of rotatable bonds is 14. The predicted octanol–water partition coefficient (Wildman–Crippen LogP) is 5.03. The number of carbonyl (C=O) groups is 2. The van der Waals surface area contributed by atoms with Crippen molar-refractivity contribution in [2.24, 2.45) is 5.92 Å². The number of carboxylic acids is 1. The number of halogens is 3. The van der Waals surface area contributed by atoms with Gasteiger partial charge in [-0.25, -0.2) is 9.59 Å². The average molecular weight is 503 g/mol. The number of ether oxygens (including phenoxy) is 2. The summed E-state index contributed by atoms with van der Waals surface area (Å²) >= 11 is 0. The van der Waals surface area contributed by atoms with Gasteiger partial charge in [-0.05, 0) is 43.4 Å². The number of nitrogens with zero attached hydrogens (tertiary/aromatic N) is 1. The van der Waals surface area contributed by atoms with Crippen molar-refractivity contribution in [3.63, 3.8) is 0 Å². The zero-order chi connectivity index (χ0) is 25.7. The van der Waals surface area contributed by atoms with Gasteiger partial charge in [0.1, 0.15) is 18.9 Å². The Morgan fingerprint density at radius 2 is 1.83 bits per heavy atom. The van der Waals surface area contributed by atoms with Crippen molar-refractivity contribution < 1.29 is 37.3 Å². The molecule has 0 spiro atoms. The van der Waals surface area contributed by atoms with Gasteiger partial charge in [0, 0.05) is 19.6 Å². The van der Waals surface area contributed by atoms with Crippen molar-refractivity contribution in [1.82, 2.24) is 10.2 Å². The van der Waals surface area contributed by atoms with Crippen molar-refractivity contribution in [1.29, 1.82) is 0 Å². The van der Waals surface area contributed by atoms with E-state index in [1.165, 1.54) is 37.0 Å². The van der Waals surface area contributed by atoms with Gasteiger partial charge in [-0.2, -0.15) is 13.2 Å². The molecule has 0 aliphatic heterocycles. The van der Waals surface area contributed by atoms with Crippen LogP contribution >= 0.6 is 0 Å². The van der Waals surface area contributed by atoms with Crippen LogP contribution in [0, 0.1) is 5.92 Å². The number of alkyl halides is 3. The number of benzene rings is 1. The second kappa shape index (κ2) is 14.8. The molecule has 2 amide bonds. The summed E-state index contributed by atoms with van der Waals surface area (Å²) in [4.78, 5) is 25.0. The van der Waals surface area contributed by atoms with Crippen molar-refractivity contribution in [2.45, 2.75) is 70.6 Å². The fourth-order valence-corrected chi connectivity index (χ4v) is 4.28. The summed E-state index contributed by atoms with van der Waals surface area (Å²) in [5, 5.41) is 11.2. The summed E-state index contributed by atoms with van der Waals surface area (Å²) in [7, 11) is 0. The van der Waals surface area contributed by atoms with E-state index >= 15 is 0 Å². The second-order valence-electron chi connectivity index (χ2n) is 8.89. The Morgan fingerprint density at radius 3 is 2.43 bits per heavy atom. The first-order chi connectivity index (χ1) is 16.7. The average Bonchev–Trinajstić information content (AvgIpc) is 2.82. The Morgan fingerprint density at radius 1 is 1.14 bits per heavy atom. The molecule has 1 atom stereocenters. The monoisotopic (exact) mass is 502 g/mol. The molecule has 198 valence electrons. The lowest BCUT2D eigenvalue weighted by Gasteiger charge is -2.26. The standard InChI is InChI=1S/C25H37F3N2O5/c1-2-34-22(23(31)32)17-20-10-12-21(13-11-20)35-16-15-30(24(33)29-18-25(26,27)28)14-6-9-19-7-4-3-5-8-19/h10-13,19,22H,2-9,14-18H2,1H3,(H,29,33)(H,31,32). The molecule has 0 bridgehead atoms. The topological polar surface area (TPSA) is 88.1 Å². The maximum absolute atomic E-state index is 12.5. The third-order valence-corrected chi connectivity index (χ3v) is 6.11. The van der Waals surface area contributed by atoms with Crippen LogP contribution in [0.1, 0.15) is 57.4 Å². The Labute approximate surface area is 205 Å². The van der Waals surface area contributed by atoms with Crippen LogP contribution < -0.4 is 10.1 Å². The first kappa shape index (κ1) is 28.7. The van der Waals surface area contributed by atoms with E-state index < -0.39 is 30.8 Å². The maximum Gasteiger partial charge on any atom is 0.405 e. The van der Waals surface area contributed by atoms with Gasteiger partial charge in [-0.15, -0.1) is 0 Å². The molecule has 2 rings (SSSR count). The quantitative estimate of drug-likeness (QED) is 0.373. The smallest absolute Gasteiger partial charge is 0.405 e.